The largest absolute Gasteiger partial charge is 0.493 e. The topological polar surface area (TPSA) is 111 Å². The highest BCUT2D eigenvalue weighted by atomic mass is 32.2. The minimum atomic E-state index is -3.61. The normalized spacial score (nSPS) is 12.5. The SMILES string of the molecule is Cc1c(/N=N/c2ccc(S(=O)(=O)N(C)CCN(C)C)cc2)c(O)n(CCCN(C)C)c(=O)c1C. The number of sulfonamides is 1. The molecular weight excluding hydrogens is 456 g/mol. The van der Waals surface area contributed by atoms with Crippen LogP contribution in [0, 0.1) is 13.8 Å². The smallest absolute Gasteiger partial charge is 0.256 e. The predicted molar refractivity (Wildman–Crippen MR) is 134 cm³/mol. The second kappa shape index (κ2) is 11.7. The Labute approximate surface area is 202 Å². The number of hydrogen-bond donors (Lipinski definition) is 1. The van der Waals surface area contributed by atoms with Gasteiger partial charge in [-0.25, -0.2) is 8.42 Å². The minimum Gasteiger partial charge on any atom is -0.493 e. The van der Waals surface area contributed by atoms with Gasteiger partial charge in [-0.1, -0.05) is 0 Å². The highest BCUT2D eigenvalue weighted by Gasteiger charge is 2.21. The van der Waals surface area contributed by atoms with E-state index in [1.165, 1.54) is 21.0 Å². The first kappa shape index (κ1) is 27.6. The molecule has 0 spiro atoms. The van der Waals surface area contributed by atoms with Crippen molar-refractivity contribution in [2.75, 3.05) is 54.9 Å². The van der Waals surface area contributed by atoms with Gasteiger partial charge in [-0.15, -0.1) is 5.11 Å². The Morgan fingerprint density at radius 2 is 1.47 bits per heavy atom. The number of benzene rings is 1. The molecule has 34 heavy (non-hydrogen) atoms. The van der Waals surface area contributed by atoms with E-state index < -0.39 is 10.0 Å². The zero-order valence-electron chi connectivity index (χ0n) is 21.1. The molecule has 0 atom stereocenters. The van der Waals surface area contributed by atoms with Gasteiger partial charge in [0.2, 0.25) is 15.9 Å². The molecule has 0 fully saturated rings. The first-order valence-corrected chi connectivity index (χ1v) is 12.5. The van der Waals surface area contributed by atoms with Crippen molar-refractivity contribution in [2.24, 2.45) is 10.2 Å². The molecule has 1 aromatic heterocycles. The van der Waals surface area contributed by atoms with Crippen molar-refractivity contribution in [3.63, 3.8) is 0 Å². The molecule has 0 aliphatic rings. The Bertz CT molecular complexity index is 1170. The van der Waals surface area contributed by atoms with Gasteiger partial charge in [0.05, 0.1) is 10.6 Å². The van der Waals surface area contributed by atoms with Gasteiger partial charge in [0.15, 0.2) is 0 Å². The van der Waals surface area contributed by atoms with Crippen LogP contribution >= 0.6 is 0 Å². The van der Waals surface area contributed by atoms with E-state index in [2.05, 4.69) is 10.2 Å². The van der Waals surface area contributed by atoms with Crippen molar-refractivity contribution in [3.8, 4) is 5.88 Å². The summed E-state index contributed by atoms with van der Waals surface area (Å²) in [5, 5.41) is 19.1. The van der Waals surface area contributed by atoms with E-state index in [1.807, 2.05) is 38.0 Å². The maximum atomic E-state index is 12.7. The second-order valence-electron chi connectivity index (χ2n) is 8.86. The molecule has 188 valence electrons. The molecule has 0 aliphatic carbocycles. The summed E-state index contributed by atoms with van der Waals surface area (Å²) in [5.41, 5.74) is 1.45. The summed E-state index contributed by atoms with van der Waals surface area (Å²) in [5.74, 6) is -0.225. The summed E-state index contributed by atoms with van der Waals surface area (Å²) in [4.78, 5) is 16.7. The van der Waals surface area contributed by atoms with E-state index in [0.717, 1.165) is 6.54 Å². The maximum absolute atomic E-state index is 12.7. The van der Waals surface area contributed by atoms with Gasteiger partial charge < -0.3 is 14.9 Å². The third-order valence-corrected chi connectivity index (χ3v) is 7.48. The lowest BCUT2D eigenvalue weighted by Gasteiger charge is -2.19. The van der Waals surface area contributed by atoms with Gasteiger partial charge in [0.1, 0.15) is 5.69 Å². The minimum absolute atomic E-state index is 0.164. The van der Waals surface area contributed by atoms with E-state index in [9.17, 15) is 18.3 Å². The highest BCUT2D eigenvalue weighted by molar-refractivity contribution is 7.89. The van der Waals surface area contributed by atoms with E-state index in [0.29, 0.717) is 42.9 Å². The molecule has 2 aromatic rings. The van der Waals surface area contributed by atoms with Crippen LogP contribution in [0.4, 0.5) is 11.4 Å². The van der Waals surface area contributed by atoms with Crippen molar-refractivity contribution in [2.45, 2.75) is 31.7 Å². The molecule has 0 saturated carbocycles. The van der Waals surface area contributed by atoms with E-state index in [1.54, 1.807) is 33.0 Å². The number of pyridine rings is 1. The lowest BCUT2D eigenvalue weighted by atomic mass is 10.1. The third-order valence-electron chi connectivity index (χ3n) is 5.61. The lowest BCUT2D eigenvalue weighted by Crippen LogP contribution is -2.33. The van der Waals surface area contributed by atoms with Crippen LogP contribution in [0.3, 0.4) is 0 Å². The molecule has 0 radical (unpaired) electrons. The molecule has 11 heteroatoms. The van der Waals surface area contributed by atoms with Gasteiger partial charge in [-0.3, -0.25) is 9.36 Å². The molecule has 0 saturated heterocycles. The molecule has 10 nitrogen and oxygen atoms in total. The number of aromatic hydroxyl groups is 1. The number of rotatable bonds is 11. The Kier molecular flexibility index (Phi) is 9.51. The van der Waals surface area contributed by atoms with Crippen molar-refractivity contribution in [1.29, 1.82) is 0 Å². The molecule has 1 aromatic carbocycles. The molecule has 0 bridgehead atoms. The Balaban J connectivity index is 2.28. The lowest BCUT2D eigenvalue weighted by molar-refractivity contribution is 0.358. The van der Waals surface area contributed by atoms with Crippen LogP contribution in [-0.4, -0.2) is 87.1 Å². The molecule has 1 heterocycles. The fourth-order valence-corrected chi connectivity index (χ4v) is 4.40. The fourth-order valence-electron chi connectivity index (χ4n) is 3.24. The van der Waals surface area contributed by atoms with Crippen molar-refractivity contribution < 1.29 is 13.5 Å². The van der Waals surface area contributed by atoms with Crippen molar-refractivity contribution in [1.82, 2.24) is 18.7 Å². The molecular formula is C23H36N6O4S. The Morgan fingerprint density at radius 3 is 2.03 bits per heavy atom. The number of likely N-dealkylation sites (N-methyl/N-ethyl adjacent to an activating group) is 2. The van der Waals surface area contributed by atoms with Crippen LogP contribution in [0.1, 0.15) is 17.5 Å². The fraction of sp³-hybridized carbons (Fsp3) is 0.522. The van der Waals surface area contributed by atoms with E-state index in [-0.39, 0.29) is 22.0 Å². The third kappa shape index (κ3) is 6.72. The Morgan fingerprint density at radius 1 is 0.882 bits per heavy atom. The van der Waals surface area contributed by atoms with Crippen LogP contribution < -0.4 is 5.56 Å². The zero-order chi connectivity index (χ0) is 25.6. The number of aromatic nitrogens is 1. The van der Waals surface area contributed by atoms with Crippen molar-refractivity contribution >= 4 is 21.4 Å². The van der Waals surface area contributed by atoms with Gasteiger partial charge in [-0.05, 0) is 84.8 Å². The van der Waals surface area contributed by atoms with Gasteiger partial charge in [0.25, 0.3) is 5.56 Å². The van der Waals surface area contributed by atoms with Crippen LogP contribution in [-0.2, 0) is 16.6 Å². The van der Waals surface area contributed by atoms with E-state index >= 15 is 0 Å². The standard InChI is InChI=1S/C23H36N6O4S/c1-17-18(2)22(30)29(14-8-13-26(3)4)23(31)21(17)25-24-19-9-11-20(12-10-19)34(32,33)28(7)16-15-27(5)6/h9-12,31H,8,13-16H2,1-7H3/b25-24+. The summed E-state index contributed by atoms with van der Waals surface area (Å²) in [7, 11) is 5.60. The monoisotopic (exact) mass is 492 g/mol. The summed E-state index contributed by atoms with van der Waals surface area (Å²) in [6.07, 6.45) is 0.693. The molecule has 0 aliphatic heterocycles. The van der Waals surface area contributed by atoms with Crippen molar-refractivity contribution in [3.05, 3.63) is 45.7 Å². The van der Waals surface area contributed by atoms with Gasteiger partial charge in [0, 0.05) is 32.2 Å². The summed E-state index contributed by atoms with van der Waals surface area (Å²) in [6.45, 7) is 5.54. The van der Waals surface area contributed by atoms with E-state index in [4.69, 9.17) is 0 Å². The first-order valence-electron chi connectivity index (χ1n) is 11.1. The maximum Gasteiger partial charge on any atom is 0.256 e. The number of hydrogen-bond acceptors (Lipinski definition) is 8. The van der Waals surface area contributed by atoms with Crippen LogP contribution in [0.5, 0.6) is 5.88 Å². The zero-order valence-corrected chi connectivity index (χ0v) is 21.9. The van der Waals surface area contributed by atoms with Crippen LogP contribution in [0.25, 0.3) is 0 Å². The average molecular weight is 493 g/mol. The average Bonchev–Trinajstić information content (AvgIpc) is 2.78. The van der Waals surface area contributed by atoms with Gasteiger partial charge >= 0.3 is 0 Å². The molecule has 1 N–H and O–H groups in total. The quantitative estimate of drug-likeness (QED) is 0.483. The highest BCUT2D eigenvalue weighted by Crippen LogP contribution is 2.32. The summed E-state index contributed by atoms with van der Waals surface area (Å²) >= 11 is 0. The summed E-state index contributed by atoms with van der Waals surface area (Å²) < 4.78 is 28.1. The second-order valence-corrected chi connectivity index (χ2v) is 10.9. The van der Waals surface area contributed by atoms with Crippen LogP contribution in [0.2, 0.25) is 0 Å². The molecule has 0 unspecified atom stereocenters. The summed E-state index contributed by atoms with van der Waals surface area (Å²) in [6, 6.07) is 6.08. The number of azo groups is 1. The first-order chi connectivity index (χ1) is 15.9. The number of nitrogens with zero attached hydrogens (tertiary/aromatic N) is 6. The predicted octanol–water partition coefficient (Wildman–Crippen LogP) is 2.72. The van der Waals surface area contributed by atoms with Gasteiger partial charge in [-0.2, -0.15) is 9.42 Å². The molecule has 2 rings (SSSR count). The molecule has 0 amide bonds. The van der Waals surface area contributed by atoms with Crippen LogP contribution in [0.15, 0.2) is 44.2 Å². The Hall–Kier alpha value is -2.60.